The van der Waals surface area contributed by atoms with Crippen molar-refractivity contribution in [3.8, 4) is 11.5 Å². The highest BCUT2D eigenvalue weighted by Crippen LogP contribution is 2.27. The van der Waals surface area contributed by atoms with Gasteiger partial charge in [0, 0.05) is 10.5 Å². The molecule has 102 valence electrons. The molecule has 0 unspecified atom stereocenters. The molecule has 0 bridgehead atoms. The van der Waals surface area contributed by atoms with E-state index in [9.17, 15) is 0 Å². The van der Waals surface area contributed by atoms with Gasteiger partial charge >= 0.3 is 0 Å². The van der Waals surface area contributed by atoms with Crippen molar-refractivity contribution in [1.82, 2.24) is 10.1 Å². The van der Waals surface area contributed by atoms with E-state index in [4.69, 9.17) is 10.3 Å². The number of benzene rings is 1. The van der Waals surface area contributed by atoms with Gasteiger partial charge in [0.05, 0.1) is 5.54 Å². The Morgan fingerprint density at radius 3 is 2.37 bits per heavy atom. The lowest BCUT2D eigenvalue weighted by Crippen LogP contribution is -2.36. The molecule has 1 aromatic heterocycles. The fraction of sp³-hybridized carbons (Fsp3) is 0.429. The van der Waals surface area contributed by atoms with Gasteiger partial charge in [-0.15, -0.1) is 11.8 Å². The first-order valence-corrected chi connectivity index (χ1v) is 7.63. The van der Waals surface area contributed by atoms with Crippen molar-refractivity contribution in [3.05, 3.63) is 30.1 Å². The molecule has 0 fully saturated rings. The average Bonchev–Trinajstić information content (AvgIpc) is 2.97. The summed E-state index contributed by atoms with van der Waals surface area (Å²) in [6.07, 6.45) is 3.62. The molecule has 2 rings (SSSR count). The van der Waals surface area contributed by atoms with Crippen LogP contribution >= 0.6 is 11.8 Å². The third-order valence-electron chi connectivity index (χ3n) is 3.47. The van der Waals surface area contributed by atoms with Gasteiger partial charge < -0.3 is 10.3 Å². The Balaban J connectivity index is 2.29. The zero-order valence-corrected chi connectivity index (χ0v) is 12.3. The number of hydrogen-bond donors (Lipinski definition) is 1. The summed E-state index contributed by atoms with van der Waals surface area (Å²) in [7, 11) is 0. The van der Waals surface area contributed by atoms with Crippen molar-refractivity contribution in [2.75, 3.05) is 6.26 Å². The molecule has 0 amide bonds. The van der Waals surface area contributed by atoms with E-state index in [1.807, 2.05) is 44.4 Å². The first-order valence-electron chi connectivity index (χ1n) is 6.40. The Kier molecular flexibility index (Phi) is 4.27. The largest absolute Gasteiger partial charge is 0.334 e. The molecule has 0 saturated heterocycles. The number of hydrogen-bond acceptors (Lipinski definition) is 5. The predicted octanol–water partition coefficient (Wildman–Crippen LogP) is 3.43. The standard InChI is InChI=1S/C14H19N3OS/c1-4-14(15,5-2)13-16-12(18-17-13)10-6-8-11(19-3)9-7-10/h6-9H,4-5,15H2,1-3H3. The van der Waals surface area contributed by atoms with E-state index in [0.717, 1.165) is 18.4 Å². The van der Waals surface area contributed by atoms with Crippen molar-refractivity contribution < 1.29 is 4.52 Å². The number of rotatable bonds is 5. The maximum Gasteiger partial charge on any atom is 0.257 e. The Morgan fingerprint density at radius 2 is 1.84 bits per heavy atom. The Labute approximate surface area is 117 Å². The van der Waals surface area contributed by atoms with Crippen molar-refractivity contribution in [1.29, 1.82) is 0 Å². The molecular weight excluding hydrogens is 258 g/mol. The highest BCUT2D eigenvalue weighted by molar-refractivity contribution is 7.98. The summed E-state index contributed by atoms with van der Waals surface area (Å²) in [5.74, 6) is 1.11. The molecule has 0 radical (unpaired) electrons. The molecule has 1 heterocycles. The molecule has 0 aliphatic carbocycles. The van der Waals surface area contributed by atoms with Crippen LogP contribution in [0.1, 0.15) is 32.5 Å². The monoisotopic (exact) mass is 277 g/mol. The summed E-state index contributed by atoms with van der Waals surface area (Å²) in [6.45, 7) is 4.07. The number of thioether (sulfide) groups is 1. The minimum atomic E-state index is -0.499. The van der Waals surface area contributed by atoms with Gasteiger partial charge in [-0.1, -0.05) is 19.0 Å². The van der Waals surface area contributed by atoms with Crippen LogP contribution in [0.3, 0.4) is 0 Å². The maximum absolute atomic E-state index is 6.27. The van der Waals surface area contributed by atoms with E-state index in [1.54, 1.807) is 11.8 Å². The molecule has 0 saturated carbocycles. The molecule has 2 N–H and O–H groups in total. The summed E-state index contributed by atoms with van der Waals surface area (Å²) < 4.78 is 5.33. The molecule has 0 aliphatic heterocycles. The van der Waals surface area contributed by atoms with Crippen LogP contribution in [0.4, 0.5) is 0 Å². The van der Waals surface area contributed by atoms with Crippen LogP contribution in [0.2, 0.25) is 0 Å². The van der Waals surface area contributed by atoms with Gasteiger partial charge in [0.1, 0.15) is 0 Å². The summed E-state index contributed by atoms with van der Waals surface area (Å²) in [4.78, 5) is 5.65. The van der Waals surface area contributed by atoms with Crippen molar-refractivity contribution in [2.24, 2.45) is 5.73 Å². The third kappa shape index (κ3) is 2.82. The molecule has 19 heavy (non-hydrogen) atoms. The molecule has 4 nitrogen and oxygen atoms in total. The predicted molar refractivity (Wildman–Crippen MR) is 78.0 cm³/mol. The highest BCUT2D eigenvalue weighted by Gasteiger charge is 2.29. The van der Waals surface area contributed by atoms with Gasteiger partial charge in [-0.2, -0.15) is 4.98 Å². The van der Waals surface area contributed by atoms with E-state index in [0.29, 0.717) is 11.7 Å². The van der Waals surface area contributed by atoms with Crippen molar-refractivity contribution in [3.63, 3.8) is 0 Å². The van der Waals surface area contributed by atoms with E-state index in [2.05, 4.69) is 10.1 Å². The average molecular weight is 277 g/mol. The fourth-order valence-corrected chi connectivity index (χ4v) is 2.25. The molecule has 0 aliphatic rings. The van der Waals surface area contributed by atoms with Gasteiger partial charge in [0.15, 0.2) is 5.82 Å². The minimum Gasteiger partial charge on any atom is -0.334 e. The SMILES string of the molecule is CCC(N)(CC)c1noc(-c2ccc(SC)cc2)n1. The Hall–Kier alpha value is -1.33. The highest BCUT2D eigenvalue weighted by atomic mass is 32.2. The van der Waals surface area contributed by atoms with Crippen LogP contribution in [-0.2, 0) is 5.54 Å². The maximum atomic E-state index is 6.27. The minimum absolute atomic E-state index is 0.499. The van der Waals surface area contributed by atoms with Crippen LogP contribution in [0.25, 0.3) is 11.5 Å². The van der Waals surface area contributed by atoms with E-state index < -0.39 is 5.54 Å². The molecule has 1 aromatic carbocycles. The lowest BCUT2D eigenvalue weighted by molar-refractivity contribution is 0.350. The lowest BCUT2D eigenvalue weighted by Gasteiger charge is -2.21. The van der Waals surface area contributed by atoms with Gasteiger partial charge in [0.25, 0.3) is 5.89 Å². The van der Waals surface area contributed by atoms with E-state index in [1.165, 1.54) is 4.90 Å². The van der Waals surface area contributed by atoms with Crippen molar-refractivity contribution in [2.45, 2.75) is 37.1 Å². The van der Waals surface area contributed by atoms with E-state index in [-0.39, 0.29) is 0 Å². The fourth-order valence-electron chi connectivity index (χ4n) is 1.84. The van der Waals surface area contributed by atoms with Crippen LogP contribution in [0.5, 0.6) is 0 Å². The zero-order valence-electron chi connectivity index (χ0n) is 11.5. The van der Waals surface area contributed by atoms with Gasteiger partial charge in [-0.3, -0.25) is 0 Å². The smallest absolute Gasteiger partial charge is 0.257 e. The number of nitrogens with two attached hydrogens (primary N) is 1. The quantitative estimate of drug-likeness (QED) is 0.848. The van der Waals surface area contributed by atoms with Crippen LogP contribution in [0, 0.1) is 0 Å². The first kappa shape index (κ1) is 14.1. The number of nitrogens with zero attached hydrogens (tertiary/aromatic N) is 2. The Morgan fingerprint density at radius 1 is 1.21 bits per heavy atom. The lowest BCUT2D eigenvalue weighted by atomic mass is 9.93. The second-order valence-electron chi connectivity index (χ2n) is 4.51. The third-order valence-corrected chi connectivity index (χ3v) is 4.21. The molecule has 2 aromatic rings. The normalized spacial score (nSPS) is 11.8. The van der Waals surface area contributed by atoms with Crippen LogP contribution in [0.15, 0.2) is 33.7 Å². The topological polar surface area (TPSA) is 64.9 Å². The zero-order chi connectivity index (χ0) is 13.9. The molecule has 0 spiro atoms. The Bertz CT molecular complexity index is 532. The van der Waals surface area contributed by atoms with Gasteiger partial charge in [-0.05, 0) is 43.4 Å². The molecule has 5 heteroatoms. The summed E-state index contributed by atoms with van der Waals surface area (Å²) in [6, 6.07) is 8.05. The van der Waals surface area contributed by atoms with Gasteiger partial charge in [-0.25, -0.2) is 0 Å². The second kappa shape index (κ2) is 5.75. The molecular formula is C14H19N3OS. The van der Waals surface area contributed by atoms with Gasteiger partial charge in [0.2, 0.25) is 0 Å². The first-order chi connectivity index (χ1) is 9.12. The summed E-state index contributed by atoms with van der Waals surface area (Å²) >= 11 is 1.70. The van der Waals surface area contributed by atoms with Crippen LogP contribution in [-0.4, -0.2) is 16.4 Å². The van der Waals surface area contributed by atoms with E-state index >= 15 is 0 Å². The second-order valence-corrected chi connectivity index (χ2v) is 5.39. The number of aromatic nitrogens is 2. The molecule has 0 atom stereocenters. The van der Waals surface area contributed by atoms with Crippen molar-refractivity contribution >= 4 is 11.8 Å². The summed E-state index contributed by atoms with van der Waals surface area (Å²) in [5, 5.41) is 4.03. The van der Waals surface area contributed by atoms with Crippen LogP contribution < -0.4 is 5.73 Å². The summed E-state index contributed by atoms with van der Waals surface area (Å²) in [5.41, 5.74) is 6.69.